The van der Waals surface area contributed by atoms with Gasteiger partial charge in [-0.1, -0.05) is 13.8 Å². The predicted octanol–water partition coefficient (Wildman–Crippen LogP) is 2.48. The van der Waals surface area contributed by atoms with E-state index in [1.165, 1.54) is 4.88 Å². The van der Waals surface area contributed by atoms with Crippen LogP contribution in [0.5, 0.6) is 0 Å². The Labute approximate surface area is 116 Å². The summed E-state index contributed by atoms with van der Waals surface area (Å²) in [7, 11) is 0. The molecule has 3 nitrogen and oxygen atoms in total. The van der Waals surface area contributed by atoms with Gasteiger partial charge in [-0.3, -0.25) is 0 Å². The van der Waals surface area contributed by atoms with E-state index in [-0.39, 0.29) is 12.6 Å². The lowest BCUT2D eigenvalue weighted by Crippen LogP contribution is -2.34. The minimum absolute atomic E-state index is 0.0416. The van der Waals surface area contributed by atoms with Crippen molar-refractivity contribution in [3.63, 3.8) is 0 Å². The number of nitrogens with zero attached hydrogens (tertiary/aromatic N) is 1. The Kier molecular flexibility index (Phi) is 7.30. The van der Waals surface area contributed by atoms with Crippen molar-refractivity contribution in [2.24, 2.45) is 0 Å². The van der Waals surface area contributed by atoms with Crippen molar-refractivity contribution in [2.75, 3.05) is 32.8 Å². The molecule has 0 fully saturated rings. The zero-order chi connectivity index (χ0) is 12.7. The highest BCUT2D eigenvalue weighted by Crippen LogP contribution is 2.28. The van der Waals surface area contributed by atoms with Gasteiger partial charge in [-0.25, -0.2) is 0 Å². The van der Waals surface area contributed by atoms with Crippen LogP contribution in [0.4, 0.5) is 0 Å². The number of thiophene rings is 1. The maximum absolute atomic E-state index is 9.41. The van der Waals surface area contributed by atoms with Crippen molar-refractivity contribution in [2.45, 2.75) is 19.9 Å². The van der Waals surface area contributed by atoms with E-state index in [1.807, 2.05) is 11.4 Å². The summed E-state index contributed by atoms with van der Waals surface area (Å²) in [6, 6.07) is 2.06. The smallest absolute Gasteiger partial charge is 0.0661 e. The minimum Gasteiger partial charge on any atom is -0.394 e. The topological polar surface area (TPSA) is 35.5 Å². The Balaban J connectivity index is 2.41. The Morgan fingerprint density at radius 3 is 2.65 bits per heavy atom. The first-order chi connectivity index (χ1) is 8.22. The van der Waals surface area contributed by atoms with Crippen molar-refractivity contribution < 1.29 is 5.11 Å². The van der Waals surface area contributed by atoms with Gasteiger partial charge in [0.2, 0.25) is 0 Å². The van der Waals surface area contributed by atoms with Crippen molar-refractivity contribution in [3.8, 4) is 0 Å². The van der Waals surface area contributed by atoms with Crippen LogP contribution < -0.4 is 5.32 Å². The van der Waals surface area contributed by atoms with E-state index in [2.05, 4.69) is 40.0 Å². The molecule has 0 amide bonds. The van der Waals surface area contributed by atoms with Crippen LogP contribution in [0, 0.1) is 0 Å². The Morgan fingerprint density at radius 2 is 2.18 bits per heavy atom. The average Bonchev–Trinajstić information content (AvgIpc) is 2.76. The van der Waals surface area contributed by atoms with Crippen molar-refractivity contribution >= 4 is 27.3 Å². The molecule has 0 saturated heterocycles. The number of aliphatic hydroxyl groups excluding tert-OH is 1. The number of likely N-dealkylation sites (N-methyl/N-ethyl adjacent to an activating group) is 1. The molecule has 0 aliphatic rings. The number of halogens is 1. The van der Waals surface area contributed by atoms with Crippen LogP contribution in [0.15, 0.2) is 15.9 Å². The van der Waals surface area contributed by atoms with Gasteiger partial charge in [0.15, 0.2) is 0 Å². The standard InChI is InChI=1S/C12H21BrN2OS/c1-3-15(4-2)7-6-14-11(9-16)12-10(13)5-8-17-12/h5,8,11,14,16H,3-4,6-7,9H2,1-2H3. The Bertz CT molecular complexity index is 315. The molecule has 0 radical (unpaired) electrons. The zero-order valence-corrected chi connectivity index (χ0v) is 12.9. The molecule has 5 heteroatoms. The second-order valence-electron chi connectivity index (χ2n) is 3.85. The summed E-state index contributed by atoms with van der Waals surface area (Å²) in [5.41, 5.74) is 0. The molecule has 1 rings (SSSR count). The van der Waals surface area contributed by atoms with Crippen LogP contribution in [-0.4, -0.2) is 42.8 Å². The van der Waals surface area contributed by atoms with Gasteiger partial charge in [-0.15, -0.1) is 11.3 Å². The molecule has 0 aromatic carbocycles. The third-order valence-electron chi connectivity index (χ3n) is 2.86. The Morgan fingerprint density at radius 1 is 1.47 bits per heavy atom. The highest BCUT2D eigenvalue weighted by Gasteiger charge is 2.14. The van der Waals surface area contributed by atoms with Gasteiger partial charge in [-0.2, -0.15) is 0 Å². The van der Waals surface area contributed by atoms with E-state index in [9.17, 15) is 5.11 Å². The van der Waals surface area contributed by atoms with Crippen molar-refractivity contribution in [3.05, 3.63) is 20.8 Å². The summed E-state index contributed by atoms with van der Waals surface area (Å²) in [6.07, 6.45) is 0. The van der Waals surface area contributed by atoms with Crippen LogP contribution in [0.1, 0.15) is 24.8 Å². The van der Waals surface area contributed by atoms with Gasteiger partial charge >= 0.3 is 0 Å². The largest absolute Gasteiger partial charge is 0.394 e. The molecule has 17 heavy (non-hydrogen) atoms. The third kappa shape index (κ3) is 4.67. The fraction of sp³-hybridized carbons (Fsp3) is 0.667. The molecule has 1 aromatic heterocycles. The molecule has 1 heterocycles. The van der Waals surface area contributed by atoms with Crippen LogP contribution in [0.25, 0.3) is 0 Å². The highest BCUT2D eigenvalue weighted by atomic mass is 79.9. The van der Waals surface area contributed by atoms with E-state index < -0.39 is 0 Å². The molecule has 1 aromatic rings. The zero-order valence-electron chi connectivity index (χ0n) is 10.4. The van der Waals surface area contributed by atoms with Crippen LogP contribution >= 0.6 is 27.3 Å². The molecule has 1 atom stereocenters. The van der Waals surface area contributed by atoms with E-state index in [1.54, 1.807) is 11.3 Å². The van der Waals surface area contributed by atoms with E-state index in [0.29, 0.717) is 0 Å². The van der Waals surface area contributed by atoms with Crippen LogP contribution in [-0.2, 0) is 0 Å². The number of aliphatic hydroxyl groups is 1. The number of rotatable bonds is 8. The molecule has 2 N–H and O–H groups in total. The van der Waals surface area contributed by atoms with E-state index in [0.717, 1.165) is 30.7 Å². The first-order valence-electron chi connectivity index (χ1n) is 6.02. The fourth-order valence-electron chi connectivity index (χ4n) is 1.73. The SMILES string of the molecule is CCN(CC)CCNC(CO)c1sccc1Br. The van der Waals surface area contributed by atoms with Gasteiger partial charge in [0.05, 0.1) is 12.6 Å². The lowest BCUT2D eigenvalue weighted by Gasteiger charge is -2.21. The second-order valence-corrected chi connectivity index (χ2v) is 5.65. The quantitative estimate of drug-likeness (QED) is 0.772. The van der Waals surface area contributed by atoms with E-state index in [4.69, 9.17) is 0 Å². The van der Waals surface area contributed by atoms with Gasteiger partial charge in [0.1, 0.15) is 0 Å². The molecule has 0 spiro atoms. The van der Waals surface area contributed by atoms with Crippen molar-refractivity contribution in [1.29, 1.82) is 0 Å². The normalized spacial score (nSPS) is 13.2. The average molecular weight is 321 g/mol. The number of hydrogen-bond acceptors (Lipinski definition) is 4. The fourth-order valence-corrected chi connectivity index (χ4v) is 3.45. The van der Waals surface area contributed by atoms with E-state index >= 15 is 0 Å². The van der Waals surface area contributed by atoms with Gasteiger partial charge in [0, 0.05) is 22.4 Å². The molecule has 0 saturated carbocycles. The minimum atomic E-state index is 0.0416. The first-order valence-corrected chi connectivity index (χ1v) is 7.69. The van der Waals surface area contributed by atoms with Crippen LogP contribution in [0.2, 0.25) is 0 Å². The predicted molar refractivity (Wildman–Crippen MR) is 77.6 cm³/mol. The van der Waals surface area contributed by atoms with Crippen LogP contribution in [0.3, 0.4) is 0 Å². The molecular formula is C12H21BrN2OS. The monoisotopic (exact) mass is 320 g/mol. The summed E-state index contributed by atoms with van der Waals surface area (Å²) in [6.45, 7) is 8.54. The third-order valence-corrected chi connectivity index (χ3v) is 4.84. The molecule has 98 valence electrons. The summed E-state index contributed by atoms with van der Waals surface area (Å²) >= 11 is 5.17. The lowest BCUT2D eigenvalue weighted by molar-refractivity contribution is 0.235. The summed E-state index contributed by atoms with van der Waals surface area (Å²) in [4.78, 5) is 3.54. The summed E-state index contributed by atoms with van der Waals surface area (Å²) in [5, 5.41) is 14.8. The molecule has 0 bridgehead atoms. The lowest BCUT2D eigenvalue weighted by atomic mass is 10.2. The molecular weight excluding hydrogens is 300 g/mol. The van der Waals surface area contributed by atoms with Gasteiger partial charge < -0.3 is 15.3 Å². The summed E-state index contributed by atoms with van der Waals surface area (Å²) < 4.78 is 1.08. The van der Waals surface area contributed by atoms with Crippen molar-refractivity contribution in [1.82, 2.24) is 10.2 Å². The highest BCUT2D eigenvalue weighted by molar-refractivity contribution is 9.10. The molecule has 0 aliphatic carbocycles. The maximum Gasteiger partial charge on any atom is 0.0661 e. The summed E-state index contributed by atoms with van der Waals surface area (Å²) in [5.74, 6) is 0. The van der Waals surface area contributed by atoms with Gasteiger partial charge in [-0.05, 0) is 40.5 Å². The molecule has 1 unspecified atom stereocenters. The Hall–Kier alpha value is 0.0600. The van der Waals surface area contributed by atoms with Gasteiger partial charge in [0.25, 0.3) is 0 Å². The number of nitrogens with one attached hydrogen (secondary N) is 1. The first kappa shape index (κ1) is 15.1. The second kappa shape index (κ2) is 8.21. The molecule has 0 aliphatic heterocycles. The number of hydrogen-bond donors (Lipinski definition) is 2. The maximum atomic E-state index is 9.41.